The number of benzene rings is 2. The van der Waals surface area contributed by atoms with Crippen LogP contribution in [0.25, 0.3) is 0 Å². The van der Waals surface area contributed by atoms with Crippen molar-refractivity contribution in [2.24, 2.45) is 5.73 Å². The maximum Gasteiger partial charge on any atom is 0.315 e. The number of primary amides is 1. The van der Waals surface area contributed by atoms with Gasteiger partial charge < -0.3 is 21.3 Å². The minimum atomic E-state index is -0.471. The normalized spacial score (nSPS) is 14.7. The van der Waals surface area contributed by atoms with Crippen molar-refractivity contribution in [1.29, 1.82) is 0 Å². The summed E-state index contributed by atoms with van der Waals surface area (Å²) in [5.41, 5.74) is 7.79. The first-order valence-corrected chi connectivity index (χ1v) is 8.85. The Balaban J connectivity index is 1.43. The topological polar surface area (TPSA) is 87.5 Å². The van der Waals surface area contributed by atoms with Crippen LogP contribution in [-0.2, 0) is 6.54 Å². The fraction of sp³-hybridized carbons (Fsp3) is 0.300. The molecule has 1 saturated heterocycles. The molecule has 6 nitrogen and oxygen atoms in total. The first-order valence-electron chi connectivity index (χ1n) is 8.85. The number of hydrogen-bond donors (Lipinski definition) is 3. The zero-order chi connectivity index (χ0) is 18.4. The van der Waals surface area contributed by atoms with Crippen LogP contribution in [0.4, 0.5) is 10.5 Å². The maximum atomic E-state index is 12.1. The summed E-state index contributed by atoms with van der Waals surface area (Å²) in [6, 6.07) is 17.3. The Kier molecular flexibility index (Phi) is 5.73. The number of nitrogens with one attached hydrogen (secondary N) is 2. The number of amides is 3. The predicted molar refractivity (Wildman–Crippen MR) is 102 cm³/mol. The largest absolute Gasteiger partial charge is 0.371 e. The van der Waals surface area contributed by atoms with Crippen molar-refractivity contribution >= 4 is 17.6 Å². The van der Waals surface area contributed by atoms with Crippen LogP contribution in [0.1, 0.15) is 28.8 Å². The van der Waals surface area contributed by atoms with Crippen LogP contribution >= 0.6 is 0 Å². The molecule has 136 valence electrons. The van der Waals surface area contributed by atoms with Gasteiger partial charge in [-0.25, -0.2) is 4.79 Å². The molecule has 4 N–H and O–H groups in total. The minimum absolute atomic E-state index is 0.173. The van der Waals surface area contributed by atoms with Gasteiger partial charge in [-0.2, -0.15) is 0 Å². The highest BCUT2D eigenvalue weighted by molar-refractivity contribution is 5.92. The van der Waals surface area contributed by atoms with Gasteiger partial charge in [0.15, 0.2) is 0 Å². The average Bonchev–Trinajstić information content (AvgIpc) is 2.68. The Hall–Kier alpha value is -3.02. The van der Waals surface area contributed by atoms with E-state index >= 15 is 0 Å². The second kappa shape index (κ2) is 8.38. The number of urea groups is 1. The second-order valence-electron chi connectivity index (χ2n) is 6.49. The Labute approximate surface area is 153 Å². The minimum Gasteiger partial charge on any atom is -0.371 e. The summed E-state index contributed by atoms with van der Waals surface area (Å²) < 4.78 is 0. The zero-order valence-electron chi connectivity index (χ0n) is 14.7. The number of carbonyl (C=O) groups excluding carboxylic acids is 2. The molecular formula is C20H24N4O2. The van der Waals surface area contributed by atoms with Gasteiger partial charge in [-0.15, -0.1) is 0 Å². The number of nitrogens with zero attached hydrogens (tertiary/aromatic N) is 1. The van der Waals surface area contributed by atoms with Gasteiger partial charge in [0.05, 0.1) is 0 Å². The molecule has 0 unspecified atom stereocenters. The van der Waals surface area contributed by atoms with Crippen LogP contribution < -0.4 is 21.3 Å². The molecule has 0 radical (unpaired) electrons. The molecule has 3 amide bonds. The van der Waals surface area contributed by atoms with Crippen LogP contribution in [0.15, 0.2) is 54.6 Å². The molecule has 1 aliphatic rings. The van der Waals surface area contributed by atoms with E-state index in [-0.39, 0.29) is 12.1 Å². The molecular weight excluding hydrogens is 328 g/mol. The fourth-order valence-corrected chi connectivity index (χ4v) is 3.17. The zero-order valence-corrected chi connectivity index (χ0v) is 14.7. The highest BCUT2D eigenvalue weighted by atomic mass is 16.2. The molecule has 1 heterocycles. The first kappa shape index (κ1) is 17.8. The molecule has 1 aliphatic heterocycles. The molecule has 0 aliphatic carbocycles. The smallest absolute Gasteiger partial charge is 0.315 e. The summed E-state index contributed by atoms with van der Waals surface area (Å²) in [6.45, 7) is 2.21. The molecule has 2 aromatic rings. The molecule has 0 aromatic heterocycles. The number of piperidine rings is 1. The van der Waals surface area contributed by atoms with Crippen molar-refractivity contribution in [2.45, 2.75) is 25.4 Å². The van der Waals surface area contributed by atoms with Crippen LogP contribution in [0.5, 0.6) is 0 Å². The highest BCUT2D eigenvalue weighted by Crippen LogP contribution is 2.19. The number of anilines is 1. The third-order valence-electron chi connectivity index (χ3n) is 4.62. The van der Waals surface area contributed by atoms with E-state index in [4.69, 9.17) is 5.73 Å². The van der Waals surface area contributed by atoms with E-state index in [0.717, 1.165) is 31.5 Å². The number of carbonyl (C=O) groups is 2. The number of rotatable bonds is 5. The lowest BCUT2D eigenvalue weighted by Crippen LogP contribution is -2.47. The third kappa shape index (κ3) is 4.75. The van der Waals surface area contributed by atoms with Crippen LogP contribution in [0, 0.1) is 0 Å². The van der Waals surface area contributed by atoms with Gasteiger partial charge in [-0.3, -0.25) is 4.79 Å². The van der Waals surface area contributed by atoms with Crippen LogP contribution in [-0.4, -0.2) is 31.1 Å². The SMILES string of the molecule is NC(=O)c1cccc(CNC(=O)NC2CCN(c3ccccc3)CC2)c1. The standard InChI is InChI=1S/C20H24N4O2/c21-19(25)16-6-4-5-15(13-16)14-22-20(26)23-17-9-11-24(12-10-17)18-7-2-1-3-8-18/h1-8,13,17H,9-12,14H2,(H2,21,25)(H2,22,23,26). The summed E-state index contributed by atoms with van der Waals surface area (Å²) >= 11 is 0. The van der Waals surface area contributed by atoms with Gasteiger partial charge in [0.1, 0.15) is 0 Å². The van der Waals surface area contributed by atoms with Gasteiger partial charge >= 0.3 is 6.03 Å². The van der Waals surface area contributed by atoms with Gasteiger partial charge in [-0.1, -0.05) is 30.3 Å². The molecule has 26 heavy (non-hydrogen) atoms. The number of nitrogens with two attached hydrogens (primary N) is 1. The van der Waals surface area contributed by atoms with E-state index in [1.165, 1.54) is 5.69 Å². The van der Waals surface area contributed by atoms with E-state index in [1.54, 1.807) is 18.2 Å². The number of para-hydroxylation sites is 1. The Morgan fingerprint density at radius 3 is 2.46 bits per heavy atom. The van der Waals surface area contributed by atoms with Crippen molar-refractivity contribution in [3.8, 4) is 0 Å². The Morgan fingerprint density at radius 2 is 1.77 bits per heavy atom. The summed E-state index contributed by atoms with van der Waals surface area (Å²) in [4.78, 5) is 25.7. The molecule has 6 heteroatoms. The lowest BCUT2D eigenvalue weighted by Gasteiger charge is -2.34. The van der Waals surface area contributed by atoms with Gasteiger partial charge in [0.25, 0.3) is 0 Å². The molecule has 0 spiro atoms. The highest BCUT2D eigenvalue weighted by Gasteiger charge is 2.20. The van der Waals surface area contributed by atoms with Crippen LogP contribution in [0.2, 0.25) is 0 Å². The molecule has 2 aromatic carbocycles. The summed E-state index contributed by atoms with van der Waals surface area (Å²) in [5, 5.41) is 5.87. The summed E-state index contributed by atoms with van der Waals surface area (Å²) in [7, 11) is 0. The molecule has 0 bridgehead atoms. The Morgan fingerprint density at radius 1 is 1.04 bits per heavy atom. The summed E-state index contributed by atoms with van der Waals surface area (Å²) in [5.74, 6) is -0.471. The first-order chi connectivity index (χ1) is 12.6. The monoisotopic (exact) mass is 352 g/mol. The van der Waals surface area contributed by atoms with Crippen molar-refractivity contribution in [2.75, 3.05) is 18.0 Å². The average molecular weight is 352 g/mol. The second-order valence-corrected chi connectivity index (χ2v) is 6.49. The fourth-order valence-electron chi connectivity index (χ4n) is 3.17. The molecule has 0 atom stereocenters. The Bertz CT molecular complexity index is 755. The third-order valence-corrected chi connectivity index (χ3v) is 4.62. The van der Waals surface area contributed by atoms with Crippen LogP contribution in [0.3, 0.4) is 0 Å². The van der Waals surface area contributed by atoms with Crippen molar-refractivity contribution in [3.63, 3.8) is 0 Å². The van der Waals surface area contributed by atoms with Crippen molar-refractivity contribution < 1.29 is 9.59 Å². The van der Waals surface area contributed by atoms with E-state index < -0.39 is 5.91 Å². The predicted octanol–water partition coefficient (Wildman–Crippen LogP) is 2.25. The van der Waals surface area contributed by atoms with E-state index in [2.05, 4.69) is 27.7 Å². The van der Waals surface area contributed by atoms with Gasteiger partial charge in [0, 0.05) is 36.9 Å². The maximum absolute atomic E-state index is 12.1. The number of hydrogen-bond acceptors (Lipinski definition) is 3. The van der Waals surface area contributed by atoms with Gasteiger partial charge in [0.2, 0.25) is 5.91 Å². The van der Waals surface area contributed by atoms with Crippen molar-refractivity contribution in [3.05, 3.63) is 65.7 Å². The molecule has 1 fully saturated rings. The molecule has 0 saturated carbocycles. The van der Waals surface area contributed by atoms with E-state index in [0.29, 0.717) is 12.1 Å². The lowest BCUT2D eigenvalue weighted by atomic mass is 10.0. The van der Waals surface area contributed by atoms with E-state index in [9.17, 15) is 9.59 Å². The van der Waals surface area contributed by atoms with Crippen molar-refractivity contribution in [1.82, 2.24) is 10.6 Å². The van der Waals surface area contributed by atoms with E-state index in [1.807, 2.05) is 24.3 Å². The molecule has 3 rings (SSSR count). The summed E-state index contributed by atoms with van der Waals surface area (Å²) in [6.07, 6.45) is 1.83. The quantitative estimate of drug-likeness (QED) is 0.771. The van der Waals surface area contributed by atoms with Gasteiger partial charge in [-0.05, 0) is 42.7 Å². The lowest BCUT2D eigenvalue weighted by molar-refractivity contribution is 0.1000.